The molecule has 94 valence electrons. The lowest BCUT2D eigenvalue weighted by Gasteiger charge is -2.35. The standard InChI is InChI=1S/C13H16N4O/c1-10-3-4-12(9-14)13(15-10)17-7-5-16(6-8-17)11(2)18/h3-4H,5-8H2,1-2H3. The van der Waals surface area contributed by atoms with E-state index in [1.165, 1.54) is 0 Å². The Morgan fingerprint density at radius 2 is 2.00 bits per heavy atom. The summed E-state index contributed by atoms with van der Waals surface area (Å²) in [7, 11) is 0. The highest BCUT2D eigenvalue weighted by Crippen LogP contribution is 2.19. The van der Waals surface area contributed by atoms with Gasteiger partial charge in [0.25, 0.3) is 0 Å². The summed E-state index contributed by atoms with van der Waals surface area (Å²) < 4.78 is 0. The third kappa shape index (κ3) is 2.43. The predicted octanol–water partition coefficient (Wildman–Crippen LogP) is 0.930. The van der Waals surface area contributed by atoms with Crippen LogP contribution in [0.1, 0.15) is 18.2 Å². The Morgan fingerprint density at radius 1 is 1.33 bits per heavy atom. The molecule has 0 unspecified atom stereocenters. The molecule has 0 spiro atoms. The number of aryl methyl sites for hydroxylation is 1. The fourth-order valence-electron chi connectivity index (χ4n) is 2.10. The molecular weight excluding hydrogens is 228 g/mol. The summed E-state index contributed by atoms with van der Waals surface area (Å²) >= 11 is 0. The maximum Gasteiger partial charge on any atom is 0.219 e. The van der Waals surface area contributed by atoms with Crippen molar-refractivity contribution in [1.29, 1.82) is 5.26 Å². The second-order valence-electron chi connectivity index (χ2n) is 4.43. The number of anilines is 1. The van der Waals surface area contributed by atoms with E-state index in [9.17, 15) is 4.79 Å². The highest BCUT2D eigenvalue weighted by molar-refractivity contribution is 5.73. The van der Waals surface area contributed by atoms with E-state index in [4.69, 9.17) is 5.26 Å². The van der Waals surface area contributed by atoms with E-state index in [1.54, 1.807) is 13.0 Å². The van der Waals surface area contributed by atoms with Gasteiger partial charge in [-0.05, 0) is 19.1 Å². The van der Waals surface area contributed by atoms with Crippen LogP contribution < -0.4 is 4.90 Å². The molecule has 0 radical (unpaired) electrons. The van der Waals surface area contributed by atoms with E-state index in [0.717, 1.165) is 24.6 Å². The highest BCUT2D eigenvalue weighted by Gasteiger charge is 2.21. The molecule has 2 rings (SSSR count). The number of amides is 1. The fraction of sp³-hybridized carbons (Fsp3) is 0.462. The lowest BCUT2D eigenvalue weighted by Crippen LogP contribution is -2.48. The number of hydrogen-bond donors (Lipinski definition) is 0. The van der Waals surface area contributed by atoms with Crippen LogP contribution in [0.5, 0.6) is 0 Å². The molecule has 1 aromatic heterocycles. The Balaban J connectivity index is 2.17. The fourth-order valence-corrected chi connectivity index (χ4v) is 2.10. The monoisotopic (exact) mass is 244 g/mol. The first-order chi connectivity index (χ1) is 8.61. The topological polar surface area (TPSA) is 60.2 Å². The molecule has 1 saturated heterocycles. The first-order valence-electron chi connectivity index (χ1n) is 6.00. The Hall–Kier alpha value is -2.09. The average Bonchev–Trinajstić information content (AvgIpc) is 2.39. The van der Waals surface area contributed by atoms with Crippen LogP contribution in [0.3, 0.4) is 0 Å². The van der Waals surface area contributed by atoms with Gasteiger partial charge in [-0.25, -0.2) is 4.98 Å². The molecule has 1 aliphatic rings. The molecule has 1 amide bonds. The summed E-state index contributed by atoms with van der Waals surface area (Å²) in [6, 6.07) is 5.81. The molecule has 1 fully saturated rings. The Labute approximate surface area is 107 Å². The van der Waals surface area contributed by atoms with Gasteiger partial charge in [-0.1, -0.05) is 0 Å². The molecule has 2 heterocycles. The van der Waals surface area contributed by atoms with Gasteiger partial charge in [-0.15, -0.1) is 0 Å². The molecular formula is C13H16N4O. The summed E-state index contributed by atoms with van der Waals surface area (Å²) in [4.78, 5) is 19.6. The maximum atomic E-state index is 11.3. The summed E-state index contributed by atoms with van der Waals surface area (Å²) in [5, 5.41) is 9.10. The van der Waals surface area contributed by atoms with Crippen LogP contribution in [0.2, 0.25) is 0 Å². The predicted molar refractivity (Wildman–Crippen MR) is 68.2 cm³/mol. The first-order valence-corrected chi connectivity index (χ1v) is 6.00. The van der Waals surface area contributed by atoms with Gasteiger partial charge in [0.15, 0.2) is 0 Å². The van der Waals surface area contributed by atoms with E-state index >= 15 is 0 Å². The van der Waals surface area contributed by atoms with Crippen LogP contribution in [-0.4, -0.2) is 42.0 Å². The van der Waals surface area contributed by atoms with Crippen molar-refractivity contribution in [3.05, 3.63) is 23.4 Å². The SMILES string of the molecule is CC(=O)N1CCN(c2nc(C)ccc2C#N)CC1. The van der Waals surface area contributed by atoms with E-state index in [1.807, 2.05) is 17.9 Å². The summed E-state index contributed by atoms with van der Waals surface area (Å²) in [6.45, 7) is 6.33. The molecule has 1 aliphatic heterocycles. The molecule has 0 bridgehead atoms. The largest absolute Gasteiger partial charge is 0.352 e. The molecule has 0 aliphatic carbocycles. The van der Waals surface area contributed by atoms with Crippen LogP contribution in [0, 0.1) is 18.3 Å². The molecule has 0 atom stereocenters. The second-order valence-corrected chi connectivity index (χ2v) is 4.43. The number of nitrogens with zero attached hydrogens (tertiary/aromatic N) is 4. The third-order valence-corrected chi connectivity index (χ3v) is 3.16. The molecule has 0 aromatic carbocycles. The van der Waals surface area contributed by atoms with Gasteiger partial charge in [-0.3, -0.25) is 4.79 Å². The summed E-state index contributed by atoms with van der Waals surface area (Å²) in [5.41, 5.74) is 1.50. The van der Waals surface area contributed by atoms with Crippen LogP contribution in [0.25, 0.3) is 0 Å². The summed E-state index contributed by atoms with van der Waals surface area (Å²) in [6.07, 6.45) is 0. The van der Waals surface area contributed by atoms with Crippen LogP contribution >= 0.6 is 0 Å². The van der Waals surface area contributed by atoms with E-state index in [0.29, 0.717) is 18.7 Å². The number of rotatable bonds is 1. The van der Waals surface area contributed by atoms with Crippen LogP contribution in [0.4, 0.5) is 5.82 Å². The minimum Gasteiger partial charge on any atom is -0.352 e. The van der Waals surface area contributed by atoms with Gasteiger partial charge in [0.05, 0.1) is 5.56 Å². The van der Waals surface area contributed by atoms with Crippen LogP contribution in [0.15, 0.2) is 12.1 Å². The van der Waals surface area contributed by atoms with Gasteiger partial charge < -0.3 is 9.80 Å². The maximum absolute atomic E-state index is 11.3. The zero-order valence-electron chi connectivity index (χ0n) is 10.7. The van der Waals surface area contributed by atoms with Crippen molar-refractivity contribution in [1.82, 2.24) is 9.88 Å². The van der Waals surface area contributed by atoms with Crippen LogP contribution in [-0.2, 0) is 4.79 Å². The van der Waals surface area contributed by atoms with Gasteiger partial charge >= 0.3 is 0 Å². The molecule has 5 heteroatoms. The second kappa shape index (κ2) is 5.05. The van der Waals surface area contributed by atoms with Gasteiger partial charge in [0.2, 0.25) is 5.91 Å². The quantitative estimate of drug-likeness (QED) is 0.737. The number of piperazine rings is 1. The first kappa shape index (κ1) is 12.4. The van der Waals surface area contributed by atoms with Crippen molar-refractivity contribution in [3.63, 3.8) is 0 Å². The third-order valence-electron chi connectivity index (χ3n) is 3.16. The minimum atomic E-state index is 0.104. The summed E-state index contributed by atoms with van der Waals surface area (Å²) in [5.74, 6) is 0.841. The van der Waals surface area contributed by atoms with Crippen molar-refractivity contribution in [2.75, 3.05) is 31.1 Å². The minimum absolute atomic E-state index is 0.104. The molecule has 5 nitrogen and oxygen atoms in total. The van der Waals surface area contributed by atoms with Gasteiger partial charge in [-0.2, -0.15) is 5.26 Å². The smallest absolute Gasteiger partial charge is 0.219 e. The zero-order valence-corrected chi connectivity index (χ0v) is 10.7. The average molecular weight is 244 g/mol. The molecule has 0 N–H and O–H groups in total. The van der Waals surface area contributed by atoms with Crippen molar-refractivity contribution in [2.24, 2.45) is 0 Å². The number of carbonyl (C=O) groups is 1. The zero-order chi connectivity index (χ0) is 13.1. The Bertz CT molecular complexity index is 498. The Kier molecular flexibility index (Phi) is 3.47. The normalized spacial score (nSPS) is 15.4. The van der Waals surface area contributed by atoms with Gasteiger partial charge in [0, 0.05) is 38.8 Å². The molecule has 0 saturated carbocycles. The van der Waals surface area contributed by atoms with Crippen molar-refractivity contribution in [2.45, 2.75) is 13.8 Å². The number of aromatic nitrogens is 1. The van der Waals surface area contributed by atoms with E-state index in [2.05, 4.69) is 16.0 Å². The molecule has 18 heavy (non-hydrogen) atoms. The number of hydrogen-bond acceptors (Lipinski definition) is 4. The van der Waals surface area contributed by atoms with Crippen molar-refractivity contribution >= 4 is 11.7 Å². The Morgan fingerprint density at radius 3 is 2.56 bits per heavy atom. The number of nitriles is 1. The van der Waals surface area contributed by atoms with Gasteiger partial charge in [0.1, 0.15) is 11.9 Å². The van der Waals surface area contributed by atoms with Crippen molar-refractivity contribution in [3.8, 4) is 6.07 Å². The lowest BCUT2D eigenvalue weighted by atomic mass is 10.2. The van der Waals surface area contributed by atoms with E-state index < -0.39 is 0 Å². The number of carbonyl (C=O) groups excluding carboxylic acids is 1. The highest BCUT2D eigenvalue weighted by atomic mass is 16.2. The van der Waals surface area contributed by atoms with E-state index in [-0.39, 0.29) is 5.91 Å². The number of pyridine rings is 1. The molecule has 1 aromatic rings. The van der Waals surface area contributed by atoms with Crippen molar-refractivity contribution < 1.29 is 4.79 Å². The lowest BCUT2D eigenvalue weighted by molar-refractivity contribution is -0.129.